The van der Waals surface area contributed by atoms with Crippen LogP contribution < -0.4 is 0 Å². The van der Waals surface area contributed by atoms with Crippen LogP contribution in [0.5, 0.6) is 0 Å². The summed E-state index contributed by atoms with van der Waals surface area (Å²) in [5.41, 5.74) is 0. The molecule has 1 aliphatic rings. The lowest BCUT2D eigenvalue weighted by molar-refractivity contribution is -0.168. The van der Waals surface area contributed by atoms with Gasteiger partial charge in [0.25, 0.3) is 0 Å². The summed E-state index contributed by atoms with van der Waals surface area (Å²) < 4.78 is 4.86. The monoisotopic (exact) mass is 264 g/mol. The van der Waals surface area contributed by atoms with Gasteiger partial charge in [0, 0.05) is 5.92 Å². The van der Waals surface area contributed by atoms with E-state index in [4.69, 9.17) is 4.74 Å². The first-order chi connectivity index (χ1) is 9.08. The molecule has 0 aliphatic heterocycles. The van der Waals surface area contributed by atoms with Crippen molar-refractivity contribution in [1.82, 2.24) is 0 Å². The molecule has 1 rings (SSSR count). The number of esters is 1. The summed E-state index contributed by atoms with van der Waals surface area (Å²) in [5.74, 6) is -0.0817. The summed E-state index contributed by atoms with van der Waals surface area (Å²) >= 11 is 0. The third-order valence-corrected chi connectivity index (χ3v) is 4.21. The molecule has 0 amide bonds. The number of allylic oxidation sites excluding steroid dienone is 2. The van der Waals surface area contributed by atoms with Crippen LogP contribution in [-0.2, 0) is 14.3 Å². The summed E-state index contributed by atoms with van der Waals surface area (Å²) in [5, 5.41) is 0. The highest BCUT2D eigenvalue weighted by atomic mass is 16.5. The van der Waals surface area contributed by atoms with Crippen LogP contribution in [0.2, 0.25) is 0 Å². The SMILES string of the molecule is C=CCC[C@H]1[C@H](CCC=C)[C@H](C(C)=O)[C@@H]1C(=O)OC. The van der Waals surface area contributed by atoms with E-state index in [9.17, 15) is 9.59 Å². The fourth-order valence-electron chi connectivity index (χ4n) is 3.34. The van der Waals surface area contributed by atoms with Gasteiger partial charge in [0.2, 0.25) is 0 Å². The molecule has 1 aliphatic carbocycles. The Balaban J connectivity index is 2.84. The van der Waals surface area contributed by atoms with Crippen LogP contribution in [0.25, 0.3) is 0 Å². The first-order valence-electron chi connectivity index (χ1n) is 6.88. The molecule has 0 radical (unpaired) electrons. The lowest BCUT2D eigenvalue weighted by Crippen LogP contribution is -2.53. The van der Waals surface area contributed by atoms with Crippen LogP contribution in [0.3, 0.4) is 0 Å². The van der Waals surface area contributed by atoms with Gasteiger partial charge in [-0.25, -0.2) is 0 Å². The molecule has 19 heavy (non-hydrogen) atoms. The molecule has 1 fully saturated rings. The van der Waals surface area contributed by atoms with E-state index >= 15 is 0 Å². The van der Waals surface area contributed by atoms with E-state index in [0.717, 1.165) is 25.7 Å². The minimum Gasteiger partial charge on any atom is -0.469 e. The first-order valence-corrected chi connectivity index (χ1v) is 6.88. The molecule has 4 atom stereocenters. The first kappa shape index (κ1) is 15.7. The normalized spacial score (nSPS) is 29.2. The molecule has 1 saturated carbocycles. The third-order valence-electron chi connectivity index (χ3n) is 4.21. The predicted molar refractivity (Wildman–Crippen MR) is 75.5 cm³/mol. The van der Waals surface area contributed by atoms with Crippen LogP contribution in [0.15, 0.2) is 25.3 Å². The highest BCUT2D eigenvalue weighted by Crippen LogP contribution is 2.51. The Hall–Kier alpha value is -1.38. The number of carbonyl (C=O) groups is 2. The lowest BCUT2D eigenvalue weighted by atomic mass is 9.53. The number of rotatable bonds is 8. The van der Waals surface area contributed by atoms with E-state index in [2.05, 4.69) is 13.2 Å². The largest absolute Gasteiger partial charge is 0.469 e. The van der Waals surface area contributed by atoms with Crippen LogP contribution >= 0.6 is 0 Å². The highest BCUT2D eigenvalue weighted by Gasteiger charge is 2.55. The Bertz CT molecular complexity index is 359. The van der Waals surface area contributed by atoms with Gasteiger partial charge in [-0.15, -0.1) is 13.2 Å². The standard InChI is InChI=1S/C16H24O3/c1-5-7-9-12-13(10-8-6-2)15(16(18)19-4)14(12)11(3)17/h5-6,12-15H,1-2,7-10H2,3-4H3/t12-,13-,14-,15+/m0/s1. The summed E-state index contributed by atoms with van der Waals surface area (Å²) in [6.07, 6.45) is 7.30. The second kappa shape index (κ2) is 7.27. The predicted octanol–water partition coefficient (Wildman–Crippen LogP) is 3.16. The molecular formula is C16H24O3. The van der Waals surface area contributed by atoms with Gasteiger partial charge in [0.05, 0.1) is 13.0 Å². The number of carbonyl (C=O) groups excluding carboxylic acids is 2. The smallest absolute Gasteiger partial charge is 0.309 e. The highest BCUT2D eigenvalue weighted by molar-refractivity contribution is 5.87. The van der Waals surface area contributed by atoms with Crippen LogP contribution in [0, 0.1) is 23.7 Å². The average Bonchev–Trinajstić information content (AvgIpc) is 2.36. The van der Waals surface area contributed by atoms with E-state index in [1.54, 1.807) is 6.92 Å². The molecule has 0 spiro atoms. The van der Waals surface area contributed by atoms with E-state index in [0.29, 0.717) is 0 Å². The minimum absolute atomic E-state index is 0.0966. The quantitative estimate of drug-likeness (QED) is 0.499. The van der Waals surface area contributed by atoms with E-state index < -0.39 is 0 Å². The van der Waals surface area contributed by atoms with Crippen molar-refractivity contribution in [2.75, 3.05) is 7.11 Å². The fourth-order valence-corrected chi connectivity index (χ4v) is 3.34. The van der Waals surface area contributed by atoms with Crippen molar-refractivity contribution in [3.63, 3.8) is 0 Å². The van der Waals surface area contributed by atoms with Gasteiger partial charge >= 0.3 is 5.97 Å². The zero-order valence-corrected chi connectivity index (χ0v) is 11.9. The number of methoxy groups -OCH3 is 1. The second-order valence-electron chi connectivity index (χ2n) is 5.25. The van der Waals surface area contributed by atoms with E-state index in [1.807, 2.05) is 12.2 Å². The van der Waals surface area contributed by atoms with Gasteiger partial charge in [-0.05, 0) is 44.4 Å². The van der Waals surface area contributed by atoms with Crippen molar-refractivity contribution in [1.29, 1.82) is 0 Å². The topological polar surface area (TPSA) is 43.4 Å². The average molecular weight is 264 g/mol. The molecule has 3 heteroatoms. The molecule has 0 aromatic rings. The Morgan fingerprint density at radius 3 is 1.89 bits per heavy atom. The van der Waals surface area contributed by atoms with Crippen molar-refractivity contribution < 1.29 is 14.3 Å². The van der Waals surface area contributed by atoms with Crippen molar-refractivity contribution in [2.45, 2.75) is 32.6 Å². The van der Waals surface area contributed by atoms with Crippen molar-refractivity contribution in [2.24, 2.45) is 23.7 Å². The van der Waals surface area contributed by atoms with Gasteiger partial charge in [0.1, 0.15) is 5.78 Å². The minimum atomic E-state index is -0.266. The lowest BCUT2D eigenvalue weighted by Gasteiger charge is -2.49. The van der Waals surface area contributed by atoms with E-state index in [-0.39, 0.29) is 35.4 Å². The van der Waals surface area contributed by atoms with Gasteiger partial charge in [-0.1, -0.05) is 12.2 Å². The van der Waals surface area contributed by atoms with Crippen molar-refractivity contribution in [3.8, 4) is 0 Å². The summed E-state index contributed by atoms with van der Waals surface area (Å²) in [6, 6.07) is 0. The summed E-state index contributed by atoms with van der Waals surface area (Å²) in [4.78, 5) is 23.7. The Morgan fingerprint density at radius 1 is 1.05 bits per heavy atom. The molecular weight excluding hydrogens is 240 g/mol. The van der Waals surface area contributed by atoms with E-state index in [1.165, 1.54) is 7.11 Å². The van der Waals surface area contributed by atoms with Gasteiger partial charge < -0.3 is 4.74 Å². The number of hydrogen-bond acceptors (Lipinski definition) is 3. The van der Waals surface area contributed by atoms with Gasteiger partial charge in [0.15, 0.2) is 0 Å². The molecule has 3 nitrogen and oxygen atoms in total. The van der Waals surface area contributed by atoms with Crippen LogP contribution in [-0.4, -0.2) is 18.9 Å². The Labute approximate surface area is 115 Å². The zero-order chi connectivity index (χ0) is 14.4. The summed E-state index contributed by atoms with van der Waals surface area (Å²) in [7, 11) is 1.39. The molecule has 0 aromatic heterocycles. The maximum Gasteiger partial charge on any atom is 0.309 e. The third kappa shape index (κ3) is 3.34. The van der Waals surface area contributed by atoms with Gasteiger partial charge in [-0.3, -0.25) is 9.59 Å². The molecule has 0 aromatic carbocycles. The molecule has 0 heterocycles. The maximum atomic E-state index is 11.9. The number of ketones is 1. The number of hydrogen-bond donors (Lipinski definition) is 0. The zero-order valence-electron chi connectivity index (χ0n) is 11.9. The van der Waals surface area contributed by atoms with Gasteiger partial charge in [-0.2, -0.15) is 0 Å². The number of ether oxygens (including phenoxy) is 1. The number of Topliss-reactive ketones (excluding diaryl/α,β-unsaturated/α-hetero) is 1. The second-order valence-corrected chi connectivity index (χ2v) is 5.25. The van der Waals surface area contributed by atoms with Crippen molar-refractivity contribution >= 4 is 11.8 Å². The Morgan fingerprint density at radius 2 is 1.53 bits per heavy atom. The molecule has 106 valence electrons. The molecule has 0 N–H and O–H groups in total. The van der Waals surface area contributed by atoms with Crippen LogP contribution in [0.1, 0.15) is 32.6 Å². The fraction of sp³-hybridized carbons (Fsp3) is 0.625. The molecule has 0 bridgehead atoms. The summed E-state index contributed by atoms with van der Waals surface area (Å²) in [6.45, 7) is 9.02. The molecule has 0 saturated heterocycles. The maximum absolute atomic E-state index is 11.9. The van der Waals surface area contributed by atoms with Crippen molar-refractivity contribution in [3.05, 3.63) is 25.3 Å². The van der Waals surface area contributed by atoms with Crippen LogP contribution in [0.4, 0.5) is 0 Å². The molecule has 0 unspecified atom stereocenters. The Kier molecular flexibility index (Phi) is 6.00.